The molecule has 20 heavy (non-hydrogen) atoms. The van der Waals surface area contributed by atoms with E-state index in [9.17, 15) is 4.79 Å². The summed E-state index contributed by atoms with van der Waals surface area (Å²) in [5.41, 5.74) is 6.30. The van der Waals surface area contributed by atoms with Crippen molar-refractivity contribution in [3.8, 4) is 0 Å². The van der Waals surface area contributed by atoms with Gasteiger partial charge in [-0.25, -0.2) is 4.68 Å². The maximum absolute atomic E-state index is 11.7. The number of nitrogens with one attached hydrogen (secondary N) is 1. The van der Waals surface area contributed by atoms with E-state index in [-0.39, 0.29) is 18.6 Å². The van der Waals surface area contributed by atoms with Gasteiger partial charge >= 0.3 is 0 Å². The summed E-state index contributed by atoms with van der Waals surface area (Å²) in [7, 11) is 0. The molecule has 0 spiro atoms. The second-order valence-corrected chi connectivity index (χ2v) is 4.92. The molecule has 0 bridgehead atoms. The number of rotatable bonds is 10. The van der Waals surface area contributed by atoms with E-state index >= 15 is 0 Å². The molecule has 3 N–H and O–H groups in total. The number of amides is 1. The molecule has 0 atom stereocenters. The van der Waals surface area contributed by atoms with Gasteiger partial charge in [-0.3, -0.25) is 4.79 Å². The van der Waals surface area contributed by atoms with Gasteiger partial charge in [0.1, 0.15) is 6.54 Å². The highest BCUT2D eigenvalue weighted by atomic mass is 16.5. The number of aromatic nitrogens is 3. The number of hydrogen-bond donors (Lipinski definition) is 2. The van der Waals surface area contributed by atoms with Crippen LogP contribution in [0.25, 0.3) is 0 Å². The highest BCUT2D eigenvalue weighted by molar-refractivity contribution is 5.75. The predicted molar refractivity (Wildman–Crippen MR) is 76.1 cm³/mol. The van der Waals surface area contributed by atoms with Crippen LogP contribution in [-0.2, 0) is 22.5 Å². The quantitative estimate of drug-likeness (QED) is 0.594. The molecule has 0 aliphatic rings. The Morgan fingerprint density at radius 2 is 2.30 bits per heavy atom. The monoisotopic (exact) mass is 283 g/mol. The van der Waals surface area contributed by atoms with Crippen LogP contribution in [0.15, 0.2) is 6.20 Å². The van der Waals surface area contributed by atoms with E-state index in [1.165, 1.54) is 0 Å². The standard InChI is InChI=1S/C13H25N5O2/c1-11(2)20-8-4-7-15-13(19)10-18-9-12(16-17-18)5-3-6-14/h9,11H,3-8,10,14H2,1-2H3,(H,15,19). The van der Waals surface area contributed by atoms with Gasteiger partial charge in [0, 0.05) is 19.3 Å². The first-order valence-electron chi connectivity index (χ1n) is 7.09. The van der Waals surface area contributed by atoms with Crippen molar-refractivity contribution >= 4 is 5.91 Å². The smallest absolute Gasteiger partial charge is 0.241 e. The van der Waals surface area contributed by atoms with Gasteiger partial charge in [-0.2, -0.15) is 0 Å². The molecule has 0 radical (unpaired) electrons. The van der Waals surface area contributed by atoms with Crippen molar-refractivity contribution in [3.63, 3.8) is 0 Å². The molecule has 114 valence electrons. The number of carbonyl (C=O) groups excluding carboxylic acids is 1. The van der Waals surface area contributed by atoms with Crippen LogP contribution in [0, 0.1) is 0 Å². The summed E-state index contributed by atoms with van der Waals surface area (Å²) in [4.78, 5) is 11.7. The zero-order chi connectivity index (χ0) is 14.8. The summed E-state index contributed by atoms with van der Waals surface area (Å²) >= 11 is 0. The van der Waals surface area contributed by atoms with Crippen LogP contribution in [0.3, 0.4) is 0 Å². The molecular formula is C13H25N5O2. The summed E-state index contributed by atoms with van der Waals surface area (Å²) in [6, 6.07) is 0. The average molecular weight is 283 g/mol. The van der Waals surface area contributed by atoms with Crippen molar-refractivity contribution in [2.75, 3.05) is 19.7 Å². The summed E-state index contributed by atoms with van der Waals surface area (Å²) in [6.07, 6.45) is 4.50. The molecule has 1 aromatic rings. The first kappa shape index (κ1) is 16.6. The lowest BCUT2D eigenvalue weighted by molar-refractivity contribution is -0.121. The Hall–Kier alpha value is -1.47. The number of ether oxygens (including phenoxy) is 1. The largest absolute Gasteiger partial charge is 0.379 e. The fourth-order valence-electron chi connectivity index (χ4n) is 1.64. The van der Waals surface area contributed by atoms with E-state index in [0.29, 0.717) is 19.7 Å². The predicted octanol–water partition coefficient (Wildman–Crippen LogP) is 0.101. The first-order valence-corrected chi connectivity index (χ1v) is 7.09. The molecule has 0 saturated heterocycles. The number of nitrogens with zero attached hydrogens (tertiary/aromatic N) is 3. The van der Waals surface area contributed by atoms with Crippen LogP contribution >= 0.6 is 0 Å². The zero-order valence-electron chi connectivity index (χ0n) is 12.3. The van der Waals surface area contributed by atoms with E-state index in [4.69, 9.17) is 10.5 Å². The van der Waals surface area contributed by atoms with Crippen molar-refractivity contribution in [2.45, 2.75) is 45.8 Å². The fourth-order valence-corrected chi connectivity index (χ4v) is 1.64. The summed E-state index contributed by atoms with van der Waals surface area (Å²) in [6.45, 7) is 6.08. The van der Waals surface area contributed by atoms with Crippen molar-refractivity contribution in [3.05, 3.63) is 11.9 Å². The lowest BCUT2D eigenvalue weighted by atomic mass is 10.2. The van der Waals surface area contributed by atoms with Crippen molar-refractivity contribution in [2.24, 2.45) is 5.73 Å². The molecule has 0 aliphatic heterocycles. The number of hydrogen-bond acceptors (Lipinski definition) is 5. The molecule has 0 fully saturated rings. The third kappa shape index (κ3) is 7.20. The van der Waals surface area contributed by atoms with E-state index in [2.05, 4.69) is 15.6 Å². The summed E-state index contributed by atoms with van der Waals surface area (Å²) in [5.74, 6) is -0.0650. The lowest BCUT2D eigenvalue weighted by Gasteiger charge is -2.08. The van der Waals surface area contributed by atoms with E-state index < -0.39 is 0 Å². The minimum atomic E-state index is -0.0650. The van der Waals surface area contributed by atoms with Crippen LogP contribution in [0.5, 0.6) is 0 Å². The Kier molecular flexibility index (Phi) is 7.82. The van der Waals surface area contributed by atoms with Crippen molar-refractivity contribution in [1.82, 2.24) is 20.3 Å². The first-order chi connectivity index (χ1) is 9.61. The number of carbonyl (C=O) groups is 1. The molecule has 0 aliphatic carbocycles. The molecule has 1 amide bonds. The lowest BCUT2D eigenvalue weighted by Crippen LogP contribution is -2.29. The summed E-state index contributed by atoms with van der Waals surface area (Å²) in [5, 5.41) is 10.7. The molecule has 1 aromatic heterocycles. The molecule has 0 saturated carbocycles. The normalized spacial score (nSPS) is 11.0. The zero-order valence-corrected chi connectivity index (χ0v) is 12.3. The molecular weight excluding hydrogens is 258 g/mol. The Labute approximate surface area is 119 Å². The van der Waals surface area contributed by atoms with E-state index in [0.717, 1.165) is 25.0 Å². The Morgan fingerprint density at radius 1 is 1.50 bits per heavy atom. The minimum absolute atomic E-state index is 0.0650. The van der Waals surface area contributed by atoms with Crippen LogP contribution in [0.1, 0.15) is 32.4 Å². The second-order valence-electron chi connectivity index (χ2n) is 4.92. The highest BCUT2D eigenvalue weighted by Crippen LogP contribution is 1.97. The van der Waals surface area contributed by atoms with Gasteiger partial charge < -0.3 is 15.8 Å². The molecule has 0 unspecified atom stereocenters. The second kappa shape index (κ2) is 9.44. The van der Waals surface area contributed by atoms with Gasteiger partial charge in [-0.15, -0.1) is 5.10 Å². The Bertz CT molecular complexity index is 392. The van der Waals surface area contributed by atoms with Gasteiger partial charge in [0.25, 0.3) is 0 Å². The molecule has 7 heteroatoms. The van der Waals surface area contributed by atoms with Crippen LogP contribution < -0.4 is 11.1 Å². The number of aryl methyl sites for hydroxylation is 1. The number of nitrogens with two attached hydrogens (primary N) is 1. The summed E-state index contributed by atoms with van der Waals surface area (Å²) < 4.78 is 6.94. The minimum Gasteiger partial charge on any atom is -0.379 e. The van der Waals surface area contributed by atoms with Gasteiger partial charge in [-0.1, -0.05) is 5.21 Å². The molecule has 0 aromatic carbocycles. The van der Waals surface area contributed by atoms with Gasteiger partial charge in [-0.05, 0) is 39.7 Å². The van der Waals surface area contributed by atoms with Gasteiger partial charge in [0.15, 0.2) is 0 Å². The average Bonchev–Trinajstić information content (AvgIpc) is 2.83. The van der Waals surface area contributed by atoms with Gasteiger partial charge in [0.2, 0.25) is 5.91 Å². The maximum atomic E-state index is 11.7. The van der Waals surface area contributed by atoms with E-state index in [1.807, 2.05) is 13.8 Å². The topological polar surface area (TPSA) is 95.1 Å². The van der Waals surface area contributed by atoms with Crippen LogP contribution in [0.4, 0.5) is 0 Å². The molecule has 1 heterocycles. The Balaban J connectivity index is 2.16. The molecule has 1 rings (SSSR count). The Morgan fingerprint density at radius 3 is 3.00 bits per heavy atom. The van der Waals surface area contributed by atoms with Crippen LogP contribution in [0.2, 0.25) is 0 Å². The van der Waals surface area contributed by atoms with Gasteiger partial charge in [0.05, 0.1) is 11.8 Å². The van der Waals surface area contributed by atoms with E-state index in [1.54, 1.807) is 10.9 Å². The van der Waals surface area contributed by atoms with Crippen LogP contribution in [-0.4, -0.2) is 46.7 Å². The van der Waals surface area contributed by atoms with Crippen molar-refractivity contribution < 1.29 is 9.53 Å². The maximum Gasteiger partial charge on any atom is 0.241 e. The third-order valence-electron chi connectivity index (χ3n) is 2.62. The highest BCUT2D eigenvalue weighted by Gasteiger charge is 2.05. The third-order valence-corrected chi connectivity index (χ3v) is 2.62. The van der Waals surface area contributed by atoms with Crippen molar-refractivity contribution in [1.29, 1.82) is 0 Å². The SMILES string of the molecule is CC(C)OCCCNC(=O)Cn1cc(CCCN)nn1. The fraction of sp³-hybridized carbons (Fsp3) is 0.769. The molecule has 7 nitrogen and oxygen atoms in total.